The number of sulfonamides is 1. The molecule has 3 N–H and O–H groups in total. The molecule has 10 heteroatoms. The molecular formula is C9H9FN2O6S. The fourth-order valence-electron chi connectivity index (χ4n) is 1.15. The minimum Gasteiger partial charge on any atom is -0.481 e. The van der Waals surface area contributed by atoms with Gasteiger partial charge in [-0.3, -0.25) is 14.6 Å². The van der Waals surface area contributed by atoms with Crippen LogP contribution < -0.4 is 4.72 Å². The molecule has 1 aromatic rings. The van der Waals surface area contributed by atoms with Crippen molar-refractivity contribution in [2.24, 2.45) is 0 Å². The van der Waals surface area contributed by atoms with Gasteiger partial charge >= 0.3 is 11.9 Å². The summed E-state index contributed by atoms with van der Waals surface area (Å²) in [5.74, 6) is -4.07. The number of hydrogen-bond acceptors (Lipinski definition) is 5. The Kier molecular flexibility index (Phi) is 4.51. The van der Waals surface area contributed by atoms with Gasteiger partial charge in [0.05, 0.1) is 12.6 Å². The monoisotopic (exact) mass is 292 g/mol. The molecule has 1 heterocycles. The molecule has 19 heavy (non-hydrogen) atoms. The fraction of sp³-hybridized carbons (Fsp3) is 0.222. The average molecular weight is 292 g/mol. The lowest BCUT2D eigenvalue weighted by Gasteiger charge is -2.12. The molecule has 0 saturated carbocycles. The van der Waals surface area contributed by atoms with E-state index in [0.29, 0.717) is 6.07 Å². The van der Waals surface area contributed by atoms with E-state index in [-0.39, 0.29) is 0 Å². The number of hydrogen-bond donors (Lipinski definition) is 3. The summed E-state index contributed by atoms with van der Waals surface area (Å²) >= 11 is 0. The third kappa shape index (κ3) is 4.26. The number of rotatable bonds is 6. The number of carboxylic acids is 2. The SMILES string of the molecule is O=C(O)C[C@@H](NS(=O)(=O)c1cncc(F)c1)C(=O)O. The molecule has 104 valence electrons. The number of aliphatic carboxylic acids is 2. The van der Waals surface area contributed by atoms with Gasteiger partial charge in [0.25, 0.3) is 0 Å². The highest BCUT2D eigenvalue weighted by molar-refractivity contribution is 7.89. The van der Waals surface area contributed by atoms with Crippen molar-refractivity contribution in [3.8, 4) is 0 Å². The van der Waals surface area contributed by atoms with E-state index >= 15 is 0 Å². The lowest BCUT2D eigenvalue weighted by Crippen LogP contribution is -2.42. The van der Waals surface area contributed by atoms with Crippen LogP contribution in [0.5, 0.6) is 0 Å². The zero-order chi connectivity index (χ0) is 14.6. The number of pyridine rings is 1. The molecule has 0 aliphatic rings. The van der Waals surface area contributed by atoms with E-state index < -0.39 is 45.1 Å². The minimum atomic E-state index is -4.37. The van der Waals surface area contributed by atoms with Gasteiger partial charge in [0, 0.05) is 6.20 Å². The Morgan fingerprint density at radius 2 is 2.00 bits per heavy atom. The van der Waals surface area contributed by atoms with Crippen molar-refractivity contribution < 1.29 is 32.6 Å². The summed E-state index contributed by atoms with van der Waals surface area (Å²) in [7, 11) is -4.37. The second-order valence-corrected chi connectivity index (χ2v) is 5.16. The minimum absolute atomic E-state index is 0.593. The van der Waals surface area contributed by atoms with Crippen LogP contribution in [0.25, 0.3) is 0 Å². The molecule has 8 nitrogen and oxygen atoms in total. The molecule has 0 saturated heterocycles. The molecule has 1 rings (SSSR count). The first kappa shape index (κ1) is 15.0. The Morgan fingerprint density at radius 1 is 1.37 bits per heavy atom. The zero-order valence-corrected chi connectivity index (χ0v) is 10.1. The Morgan fingerprint density at radius 3 is 2.47 bits per heavy atom. The second kappa shape index (κ2) is 5.71. The molecule has 0 fully saturated rings. The van der Waals surface area contributed by atoms with Crippen LogP contribution in [0.15, 0.2) is 23.4 Å². The Balaban J connectivity index is 3.00. The summed E-state index contributed by atoms with van der Waals surface area (Å²) in [6.45, 7) is 0. The van der Waals surface area contributed by atoms with Crippen LogP contribution in [0.4, 0.5) is 4.39 Å². The lowest BCUT2D eigenvalue weighted by molar-refractivity contribution is -0.145. The lowest BCUT2D eigenvalue weighted by atomic mass is 10.2. The van der Waals surface area contributed by atoms with E-state index in [1.807, 2.05) is 0 Å². The van der Waals surface area contributed by atoms with Crippen molar-refractivity contribution in [1.29, 1.82) is 0 Å². The molecule has 0 unspecified atom stereocenters. The molecule has 0 spiro atoms. The van der Waals surface area contributed by atoms with E-state index in [2.05, 4.69) is 4.98 Å². The number of aromatic nitrogens is 1. The summed E-state index contributed by atoms with van der Waals surface area (Å²) in [6, 6.07) is -1.22. The fourth-order valence-corrected chi connectivity index (χ4v) is 2.31. The van der Waals surface area contributed by atoms with Crippen molar-refractivity contribution in [1.82, 2.24) is 9.71 Å². The van der Waals surface area contributed by atoms with Crippen LogP contribution in [-0.4, -0.2) is 41.6 Å². The molecule has 0 aliphatic heterocycles. The predicted octanol–water partition coefficient (Wildman–Crippen LogP) is -0.573. The van der Waals surface area contributed by atoms with Crippen molar-refractivity contribution in [3.05, 3.63) is 24.3 Å². The number of halogens is 1. The maximum atomic E-state index is 12.8. The third-order valence-electron chi connectivity index (χ3n) is 1.96. The van der Waals surface area contributed by atoms with Gasteiger partial charge in [-0.05, 0) is 6.07 Å². The van der Waals surface area contributed by atoms with Crippen molar-refractivity contribution in [2.75, 3.05) is 0 Å². The van der Waals surface area contributed by atoms with Gasteiger partial charge in [0.2, 0.25) is 10.0 Å². The highest BCUT2D eigenvalue weighted by Crippen LogP contribution is 2.10. The first-order chi connectivity index (χ1) is 8.72. The molecule has 1 aromatic heterocycles. The predicted molar refractivity (Wildman–Crippen MR) is 58.2 cm³/mol. The number of nitrogens with one attached hydrogen (secondary N) is 1. The quantitative estimate of drug-likeness (QED) is 0.639. The maximum absolute atomic E-state index is 12.8. The molecule has 1 atom stereocenters. The van der Waals surface area contributed by atoms with Crippen LogP contribution in [0.2, 0.25) is 0 Å². The van der Waals surface area contributed by atoms with Crippen molar-refractivity contribution in [3.63, 3.8) is 0 Å². The summed E-state index contributed by atoms with van der Waals surface area (Å²) < 4.78 is 37.9. The highest BCUT2D eigenvalue weighted by atomic mass is 32.2. The Labute approximate surface area is 106 Å². The van der Waals surface area contributed by atoms with E-state index in [0.717, 1.165) is 12.4 Å². The largest absolute Gasteiger partial charge is 0.481 e. The van der Waals surface area contributed by atoms with Crippen molar-refractivity contribution in [2.45, 2.75) is 17.4 Å². The number of carboxylic acid groups (broad SMARTS) is 2. The van der Waals surface area contributed by atoms with Crippen molar-refractivity contribution >= 4 is 22.0 Å². The van der Waals surface area contributed by atoms with Gasteiger partial charge in [-0.2, -0.15) is 4.72 Å². The van der Waals surface area contributed by atoms with E-state index in [1.54, 1.807) is 4.72 Å². The van der Waals surface area contributed by atoms with Gasteiger partial charge in [0.1, 0.15) is 16.8 Å². The third-order valence-corrected chi connectivity index (χ3v) is 3.40. The standard InChI is InChI=1S/C9H9FN2O6S/c10-5-1-6(4-11-3-5)19(17,18)12-7(9(15)16)2-8(13)14/h1,3-4,7,12H,2H2,(H,13,14)(H,15,16)/t7-/m1/s1. The summed E-state index contributed by atoms with van der Waals surface area (Å²) in [4.78, 5) is 23.9. The normalized spacial score (nSPS) is 12.9. The Bertz CT molecular complexity index is 602. The molecular weight excluding hydrogens is 283 g/mol. The summed E-state index contributed by atoms with van der Waals surface area (Å²) in [5, 5.41) is 17.2. The van der Waals surface area contributed by atoms with Crippen LogP contribution in [0.3, 0.4) is 0 Å². The second-order valence-electron chi connectivity index (χ2n) is 3.45. The molecule has 0 radical (unpaired) electrons. The summed E-state index contributed by atoms with van der Waals surface area (Å²) in [6.07, 6.45) is 0.632. The Hall–Kier alpha value is -2.07. The van der Waals surface area contributed by atoms with Gasteiger partial charge in [-0.15, -0.1) is 0 Å². The van der Waals surface area contributed by atoms with Gasteiger partial charge in [-0.25, -0.2) is 12.8 Å². The molecule has 0 amide bonds. The van der Waals surface area contributed by atoms with Crippen LogP contribution in [0, 0.1) is 5.82 Å². The molecule has 0 bridgehead atoms. The zero-order valence-electron chi connectivity index (χ0n) is 9.28. The smallest absolute Gasteiger partial charge is 0.322 e. The van der Waals surface area contributed by atoms with Gasteiger partial charge < -0.3 is 10.2 Å². The van der Waals surface area contributed by atoms with E-state index in [1.165, 1.54) is 0 Å². The first-order valence-corrected chi connectivity index (χ1v) is 6.28. The molecule has 0 aromatic carbocycles. The topological polar surface area (TPSA) is 134 Å². The van der Waals surface area contributed by atoms with Crippen LogP contribution in [0.1, 0.15) is 6.42 Å². The van der Waals surface area contributed by atoms with E-state index in [4.69, 9.17) is 10.2 Å². The average Bonchev–Trinajstić information content (AvgIpc) is 2.27. The first-order valence-electron chi connectivity index (χ1n) is 4.80. The van der Waals surface area contributed by atoms with Gasteiger partial charge in [-0.1, -0.05) is 0 Å². The highest BCUT2D eigenvalue weighted by Gasteiger charge is 2.27. The van der Waals surface area contributed by atoms with E-state index in [9.17, 15) is 22.4 Å². The number of nitrogens with zero attached hydrogens (tertiary/aromatic N) is 1. The van der Waals surface area contributed by atoms with Crippen LogP contribution >= 0.6 is 0 Å². The van der Waals surface area contributed by atoms with Crippen LogP contribution in [-0.2, 0) is 19.6 Å². The van der Waals surface area contributed by atoms with Gasteiger partial charge in [0.15, 0.2) is 0 Å². The maximum Gasteiger partial charge on any atom is 0.322 e. The number of carbonyl (C=O) groups is 2. The summed E-state index contributed by atoms with van der Waals surface area (Å²) in [5.41, 5.74) is 0. The molecule has 0 aliphatic carbocycles.